The van der Waals surface area contributed by atoms with Crippen LogP contribution in [0.25, 0.3) is 0 Å². The van der Waals surface area contributed by atoms with E-state index in [-0.39, 0.29) is 0 Å². The third-order valence-corrected chi connectivity index (χ3v) is 3.25. The van der Waals surface area contributed by atoms with Crippen LogP contribution >= 0.6 is 0 Å². The quantitative estimate of drug-likeness (QED) is 0.824. The lowest BCUT2D eigenvalue weighted by molar-refractivity contribution is 0.219. The van der Waals surface area contributed by atoms with Crippen molar-refractivity contribution in [3.05, 3.63) is 23.7 Å². The Kier molecular flexibility index (Phi) is 3.44. The van der Waals surface area contributed by atoms with Crippen LogP contribution in [0.3, 0.4) is 0 Å². The number of hydrogen-bond acceptors (Lipinski definition) is 3. The van der Waals surface area contributed by atoms with E-state index in [9.17, 15) is 0 Å². The molecule has 0 radical (unpaired) electrons. The van der Waals surface area contributed by atoms with Crippen LogP contribution in [0, 0.1) is 0 Å². The van der Waals surface area contributed by atoms with Crippen LogP contribution < -0.4 is 5.73 Å². The van der Waals surface area contributed by atoms with Gasteiger partial charge in [-0.15, -0.1) is 0 Å². The second-order valence-electron chi connectivity index (χ2n) is 4.25. The van der Waals surface area contributed by atoms with E-state index in [1.54, 1.807) is 0 Å². The maximum Gasteiger partial charge on any atom is 0.118 e. The molecule has 1 aliphatic rings. The van der Waals surface area contributed by atoms with Crippen LogP contribution in [0.2, 0.25) is 0 Å². The van der Waals surface area contributed by atoms with Gasteiger partial charge in [0.2, 0.25) is 0 Å². The van der Waals surface area contributed by atoms with Crippen LogP contribution in [0.4, 0.5) is 0 Å². The molecule has 0 aliphatic carbocycles. The smallest absolute Gasteiger partial charge is 0.118 e. The Hall–Kier alpha value is -0.800. The number of nitrogens with two attached hydrogens (primary N) is 1. The molecule has 3 heteroatoms. The molecule has 15 heavy (non-hydrogen) atoms. The van der Waals surface area contributed by atoms with Crippen molar-refractivity contribution in [2.24, 2.45) is 5.73 Å². The first-order valence-corrected chi connectivity index (χ1v) is 5.85. The molecular formula is C12H20N2O. The predicted octanol–water partition coefficient (Wildman–Crippen LogP) is 2.11. The maximum absolute atomic E-state index is 5.62. The Morgan fingerprint density at radius 2 is 2.27 bits per heavy atom. The molecular weight excluding hydrogens is 188 g/mol. The largest absolute Gasteiger partial charge is 0.463 e. The summed E-state index contributed by atoms with van der Waals surface area (Å²) in [5, 5.41) is 0. The average Bonchev–Trinajstić information content (AvgIpc) is 2.87. The van der Waals surface area contributed by atoms with Crippen molar-refractivity contribution in [2.45, 2.75) is 45.3 Å². The second kappa shape index (κ2) is 4.81. The zero-order chi connectivity index (χ0) is 10.7. The van der Waals surface area contributed by atoms with Crippen LogP contribution in [0.1, 0.15) is 37.7 Å². The van der Waals surface area contributed by atoms with E-state index < -0.39 is 0 Å². The molecule has 2 rings (SSSR count). The minimum Gasteiger partial charge on any atom is -0.463 e. The van der Waals surface area contributed by atoms with Gasteiger partial charge >= 0.3 is 0 Å². The highest BCUT2D eigenvalue weighted by molar-refractivity contribution is 5.07. The minimum atomic E-state index is 0.497. The molecule has 1 saturated heterocycles. The molecule has 0 bridgehead atoms. The van der Waals surface area contributed by atoms with Gasteiger partial charge in [-0.3, -0.25) is 4.90 Å². The highest BCUT2D eigenvalue weighted by Crippen LogP contribution is 2.22. The van der Waals surface area contributed by atoms with Gasteiger partial charge in [0.15, 0.2) is 0 Å². The van der Waals surface area contributed by atoms with Gasteiger partial charge in [-0.2, -0.15) is 0 Å². The van der Waals surface area contributed by atoms with Gasteiger partial charge in [-0.25, -0.2) is 0 Å². The molecule has 1 unspecified atom stereocenters. The first-order valence-electron chi connectivity index (χ1n) is 5.85. The molecule has 1 aromatic rings. The van der Waals surface area contributed by atoms with Crippen LogP contribution in [-0.2, 0) is 13.1 Å². The van der Waals surface area contributed by atoms with Gasteiger partial charge in [0.1, 0.15) is 11.5 Å². The second-order valence-corrected chi connectivity index (χ2v) is 4.25. The zero-order valence-electron chi connectivity index (χ0n) is 9.41. The summed E-state index contributed by atoms with van der Waals surface area (Å²) in [5.41, 5.74) is 5.52. The van der Waals surface area contributed by atoms with Crippen molar-refractivity contribution in [2.75, 3.05) is 6.54 Å². The van der Waals surface area contributed by atoms with Gasteiger partial charge in [-0.05, 0) is 37.9 Å². The molecule has 2 heterocycles. The van der Waals surface area contributed by atoms with Gasteiger partial charge in [0.05, 0.1) is 13.1 Å². The summed E-state index contributed by atoms with van der Waals surface area (Å²) >= 11 is 0. The molecule has 0 amide bonds. The highest BCUT2D eigenvalue weighted by Gasteiger charge is 2.23. The fourth-order valence-corrected chi connectivity index (χ4v) is 2.38. The monoisotopic (exact) mass is 208 g/mol. The standard InChI is InChI=1S/C12H20N2O/c1-2-10-4-3-7-14(10)9-12-6-5-11(8-13)15-12/h5-6,10H,2-4,7-9,13H2,1H3. The van der Waals surface area contributed by atoms with Crippen molar-refractivity contribution in [3.8, 4) is 0 Å². The molecule has 1 aliphatic heterocycles. The van der Waals surface area contributed by atoms with Crippen molar-refractivity contribution < 1.29 is 4.42 Å². The Morgan fingerprint density at radius 3 is 2.93 bits per heavy atom. The molecule has 3 nitrogen and oxygen atoms in total. The summed E-state index contributed by atoms with van der Waals surface area (Å²) in [6, 6.07) is 4.77. The molecule has 2 N–H and O–H groups in total. The summed E-state index contributed by atoms with van der Waals surface area (Å²) in [6.07, 6.45) is 3.90. The Labute approximate surface area is 91.2 Å². The van der Waals surface area contributed by atoms with Gasteiger partial charge in [0.25, 0.3) is 0 Å². The fraction of sp³-hybridized carbons (Fsp3) is 0.667. The minimum absolute atomic E-state index is 0.497. The van der Waals surface area contributed by atoms with Crippen molar-refractivity contribution in [3.63, 3.8) is 0 Å². The van der Waals surface area contributed by atoms with Crippen molar-refractivity contribution in [1.82, 2.24) is 4.90 Å². The molecule has 0 aromatic carbocycles. The lowest BCUT2D eigenvalue weighted by Gasteiger charge is -2.21. The Morgan fingerprint density at radius 1 is 1.47 bits per heavy atom. The third kappa shape index (κ3) is 2.41. The fourth-order valence-electron chi connectivity index (χ4n) is 2.38. The molecule has 1 aromatic heterocycles. The van der Waals surface area contributed by atoms with E-state index in [0.29, 0.717) is 6.54 Å². The number of furan rings is 1. The Balaban J connectivity index is 1.95. The molecule has 1 atom stereocenters. The summed E-state index contributed by atoms with van der Waals surface area (Å²) in [7, 11) is 0. The normalized spacial score (nSPS) is 22.4. The van der Waals surface area contributed by atoms with E-state index in [1.807, 2.05) is 12.1 Å². The SMILES string of the molecule is CCC1CCCN1Cc1ccc(CN)o1. The van der Waals surface area contributed by atoms with Crippen molar-refractivity contribution in [1.29, 1.82) is 0 Å². The first kappa shape index (κ1) is 10.7. The summed E-state index contributed by atoms with van der Waals surface area (Å²) in [6.45, 7) is 4.91. The van der Waals surface area contributed by atoms with Crippen LogP contribution in [0.15, 0.2) is 16.5 Å². The van der Waals surface area contributed by atoms with Crippen molar-refractivity contribution >= 4 is 0 Å². The summed E-state index contributed by atoms with van der Waals surface area (Å²) in [4.78, 5) is 2.51. The molecule has 1 fully saturated rings. The summed E-state index contributed by atoms with van der Waals surface area (Å²) in [5.74, 6) is 1.94. The average molecular weight is 208 g/mol. The topological polar surface area (TPSA) is 42.4 Å². The lowest BCUT2D eigenvalue weighted by atomic mass is 10.2. The third-order valence-electron chi connectivity index (χ3n) is 3.25. The Bertz CT molecular complexity index is 308. The molecule has 0 saturated carbocycles. The first-order chi connectivity index (χ1) is 7.33. The van der Waals surface area contributed by atoms with E-state index in [4.69, 9.17) is 10.2 Å². The molecule has 84 valence electrons. The lowest BCUT2D eigenvalue weighted by Crippen LogP contribution is -2.27. The van der Waals surface area contributed by atoms with Gasteiger partial charge in [-0.1, -0.05) is 6.92 Å². The summed E-state index contributed by atoms with van der Waals surface area (Å²) < 4.78 is 5.62. The zero-order valence-corrected chi connectivity index (χ0v) is 9.41. The van der Waals surface area contributed by atoms with E-state index in [1.165, 1.54) is 25.8 Å². The van der Waals surface area contributed by atoms with Gasteiger partial charge in [0, 0.05) is 6.04 Å². The number of hydrogen-bond donors (Lipinski definition) is 1. The van der Waals surface area contributed by atoms with E-state index in [2.05, 4.69) is 11.8 Å². The van der Waals surface area contributed by atoms with E-state index >= 15 is 0 Å². The van der Waals surface area contributed by atoms with Crippen LogP contribution in [-0.4, -0.2) is 17.5 Å². The maximum atomic E-state index is 5.62. The number of likely N-dealkylation sites (tertiary alicyclic amines) is 1. The highest BCUT2D eigenvalue weighted by atomic mass is 16.3. The predicted molar refractivity (Wildman–Crippen MR) is 60.3 cm³/mol. The number of rotatable bonds is 4. The number of nitrogens with zero attached hydrogens (tertiary/aromatic N) is 1. The van der Waals surface area contributed by atoms with Crippen LogP contribution in [0.5, 0.6) is 0 Å². The molecule has 0 spiro atoms. The van der Waals surface area contributed by atoms with Gasteiger partial charge < -0.3 is 10.2 Å². The van der Waals surface area contributed by atoms with E-state index in [0.717, 1.165) is 24.1 Å².